The quantitative estimate of drug-likeness (QED) is 0.627. The average Bonchev–Trinajstić information content (AvgIpc) is 3.38. The van der Waals surface area contributed by atoms with E-state index in [1.165, 1.54) is 6.42 Å². The van der Waals surface area contributed by atoms with Gasteiger partial charge in [0.1, 0.15) is 12.2 Å². The summed E-state index contributed by atoms with van der Waals surface area (Å²) in [4.78, 5) is 19.4. The van der Waals surface area contributed by atoms with Crippen molar-refractivity contribution in [2.75, 3.05) is 6.54 Å². The average molecular weight is 399 g/mol. The zero-order valence-electron chi connectivity index (χ0n) is 15.8. The van der Waals surface area contributed by atoms with Gasteiger partial charge in [-0.2, -0.15) is 4.98 Å². The maximum absolute atomic E-state index is 12.9. The number of aromatic nitrogens is 3. The highest BCUT2D eigenvalue weighted by Gasteiger charge is 2.26. The number of halogens is 1. The maximum atomic E-state index is 12.9. The molecule has 0 radical (unpaired) electrons. The molecule has 1 aliphatic heterocycles. The van der Waals surface area contributed by atoms with E-state index in [0.717, 1.165) is 37.1 Å². The van der Waals surface area contributed by atoms with E-state index in [1.807, 2.05) is 39.9 Å². The normalized spacial score (nSPS) is 17.1. The molecule has 0 saturated carbocycles. The second-order valence-corrected chi connectivity index (χ2v) is 7.53. The standard InChI is InChI=1S/C21H23ClN4O2/c1-2-17-6-3-4-13-26(17)19(27)14-25-12-5-7-18(25)21-23-20(24-28-21)15-8-10-16(22)11-9-15/h5,7-12,17H,2-4,6,13-14H2,1H3/t17-/m1/s1. The molecule has 28 heavy (non-hydrogen) atoms. The first kappa shape index (κ1) is 18.7. The van der Waals surface area contributed by atoms with Crippen molar-refractivity contribution in [1.82, 2.24) is 19.6 Å². The zero-order valence-corrected chi connectivity index (χ0v) is 16.6. The number of hydrogen-bond acceptors (Lipinski definition) is 4. The van der Waals surface area contributed by atoms with Crippen molar-refractivity contribution in [3.8, 4) is 23.0 Å². The Labute approximate surface area is 169 Å². The van der Waals surface area contributed by atoms with Crippen LogP contribution in [-0.2, 0) is 11.3 Å². The summed E-state index contributed by atoms with van der Waals surface area (Å²) in [6.07, 6.45) is 6.25. The molecule has 0 spiro atoms. The molecular weight excluding hydrogens is 376 g/mol. The first-order valence-corrected chi connectivity index (χ1v) is 10.1. The molecule has 0 N–H and O–H groups in total. The van der Waals surface area contributed by atoms with Crippen LogP contribution in [0, 0.1) is 0 Å². The van der Waals surface area contributed by atoms with Gasteiger partial charge >= 0.3 is 0 Å². The number of hydrogen-bond donors (Lipinski definition) is 0. The van der Waals surface area contributed by atoms with Crippen LogP contribution < -0.4 is 0 Å². The Morgan fingerprint density at radius 1 is 1.25 bits per heavy atom. The van der Waals surface area contributed by atoms with Gasteiger partial charge in [0.2, 0.25) is 11.7 Å². The Morgan fingerprint density at radius 3 is 2.86 bits per heavy atom. The third-order valence-corrected chi connectivity index (χ3v) is 5.55. The topological polar surface area (TPSA) is 64.2 Å². The van der Waals surface area contributed by atoms with Crippen LogP contribution >= 0.6 is 11.6 Å². The molecule has 3 heterocycles. The van der Waals surface area contributed by atoms with Crippen molar-refractivity contribution >= 4 is 17.5 Å². The van der Waals surface area contributed by atoms with E-state index in [-0.39, 0.29) is 12.5 Å². The van der Waals surface area contributed by atoms with Crippen LogP contribution in [0.4, 0.5) is 0 Å². The fourth-order valence-electron chi connectivity index (χ4n) is 3.78. The minimum absolute atomic E-state index is 0.140. The van der Waals surface area contributed by atoms with E-state index < -0.39 is 0 Å². The Kier molecular flexibility index (Phi) is 5.48. The molecule has 0 bridgehead atoms. The number of carbonyl (C=O) groups is 1. The highest BCUT2D eigenvalue weighted by Crippen LogP contribution is 2.25. The largest absolute Gasteiger partial charge is 0.338 e. The molecule has 1 amide bonds. The summed E-state index contributed by atoms with van der Waals surface area (Å²) in [5, 5.41) is 4.73. The van der Waals surface area contributed by atoms with Gasteiger partial charge in [-0.15, -0.1) is 0 Å². The molecule has 4 rings (SSSR count). The van der Waals surface area contributed by atoms with E-state index in [2.05, 4.69) is 17.1 Å². The predicted octanol–water partition coefficient (Wildman–Crippen LogP) is 4.65. The van der Waals surface area contributed by atoms with Gasteiger partial charge in [0.25, 0.3) is 5.89 Å². The SMILES string of the molecule is CC[C@@H]1CCCCN1C(=O)Cn1cccc1-c1nc(-c2ccc(Cl)cc2)no1. The third kappa shape index (κ3) is 3.83. The summed E-state index contributed by atoms with van der Waals surface area (Å²) in [5.41, 5.74) is 1.57. The highest BCUT2D eigenvalue weighted by atomic mass is 35.5. The van der Waals surface area contributed by atoms with Gasteiger partial charge in [-0.3, -0.25) is 4.79 Å². The number of nitrogens with zero attached hydrogens (tertiary/aromatic N) is 4. The van der Waals surface area contributed by atoms with E-state index in [9.17, 15) is 4.79 Å². The Balaban J connectivity index is 1.53. The van der Waals surface area contributed by atoms with Gasteiger partial charge in [-0.25, -0.2) is 0 Å². The van der Waals surface area contributed by atoms with Crippen molar-refractivity contribution in [1.29, 1.82) is 0 Å². The molecule has 3 aromatic rings. The summed E-state index contributed by atoms with van der Waals surface area (Å²) in [6.45, 7) is 3.26. The lowest BCUT2D eigenvalue weighted by Gasteiger charge is -2.35. The molecular formula is C21H23ClN4O2. The van der Waals surface area contributed by atoms with Crippen molar-refractivity contribution in [2.24, 2.45) is 0 Å². The molecule has 2 aromatic heterocycles. The smallest absolute Gasteiger partial charge is 0.274 e. The van der Waals surface area contributed by atoms with Crippen LogP contribution in [-0.4, -0.2) is 38.1 Å². The molecule has 0 aliphatic carbocycles. The molecule has 7 heteroatoms. The van der Waals surface area contributed by atoms with Crippen LogP contribution in [0.2, 0.25) is 5.02 Å². The molecule has 1 aromatic carbocycles. The lowest BCUT2D eigenvalue weighted by Crippen LogP contribution is -2.44. The maximum Gasteiger partial charge on any atom is 0.274 e. The predicted molar refractivity (Wildman–Crippen MR) is 108 cm³/mol. The summed E-state index contributed by atoms with van der Waals surface area (Å²) in [5.74, 6) is 1.03. The number of likely N-dealkylation sites (tertiary alicyclic amines) is 1. The Bertz CT molecular complexity index is 947. The number of benzene rings is 1. The summed E-state index contributed by atoms with van der Waals surface area (Å²) in [6, 6.07) is 11.4. The van der Waals surface area contributed by atoms with E-state index in [0.29, 0.717) is 22.8 Å². The van der Waals surface area contributed by atoms with E-state index in [4.69, 9.17) is 16.1 Å². The molecule has 1 atom stereocenters. The third-order valence-electron chi connectivity index (χ3n) is 5.30. The molecule has 6 nitrogen and oxygen atoms in total. The van der Waals surface area contributed by atoms with Crippen LogP contribution in [0.3, 0.4) is 0 Å². The molecule has 1 saturated heterocycles. The number of rotatable bonds is 5. The van der Waals surface area contributed by atoms with Gasteiger partial charge in [0, 0.05) is 29.4 Å². The van der Waals surface area contributed by atoms with Crippen molar-refractivity contribution in [2.45, 2.75) is 45.2 Å². The first-order chi connectivity index (χ1) is 13.7. The fourth-order valence-corrected chi connectivity index (χ4v) is 3.91. The summed E-state index contributed by atoms with van der Waals surface area (Å²) in [7, 11) is 0. The Morgan fingerprint density at radius 2 is 2.07 bits per heavy atom. The second kappa shape index (κ2) is 8.19. The van der Waals surface area contributed by atoms with Crippen LogP contribution in [0.25, 0.3) is 23.0 Å². The summed E-state index contributed by atoms with van der Waals surface area (Å²) >= 11 is 5.94. The van der Waals surface area contributed by atoms with Crippen molar-refractivity contribution in [3.05, 3.63) is 47.6 Å². The van der Waals surface area contributed by atoms with Crippen LogP contribution in [0.1, 0.15) is 32.6 Å². The lowest BCUT2D eigenvalue weighted by atomic mass is 10.00. The van der Waals surface area contributed by atoms with Crippen molar-refractivity contribution in [3.63, 3.8) is 0 Å². The van der Waals surface area contributed by atoms with Gasteiger partial charge in [0.15, 0.2) is 0 Å². The van der Waals surface area contributed by atoms with Gasteiger partial charge < -0.3 is 14.0 Å². The molecule has 146 valence electrons. The van der Waals surface area contributed by atoms with Crippen molar-refractivity contribution < 1.29 is 9.32 Å². The number of piperidine rings is 1. The van der Waals surface area contributed by atoms with Gasteiger partial charge in [0.05, 0.1) is 0 Å². The lowest BCUT2D eigenvalue weighted by molar-refractivity contribution is -0.135. The highest BCUT2D eigenvalue weighted by molar-refractivity contribution is 6.30. The number of amides is 1. The minimum Gasteiger partial charge on any atom is -0.338 e. The molecule has 1 aliphatic rings. The molecule has 0 unspecified atom stereocenters. The fraction of sp³-hybridized carbons (Fsp3) is 0.381. The van der Waals surface area contributed by atoms with Gasteiger partial charge in [-0.05, 0) is 62.1 Å². The summed E-state index contributed by atoms with van der Waals surface area (Å²) < 4.78 is 7.34. The van der Waals surface area contributed by atoms with Crippen LogP contribution in [0.15, 0.2) is 47.1 Å². The monoisotopic (exact) mass is 398 g/mol. The minimum atomic E-state index is 0.140. The van der Waals surface area contributed by atoms with E-state index in [1.54, 1.807) is 12.1 Å². The number of carbonyl (C=O) groups excluding carboxylic acids is 1. The first-order valence-electron chi connectivity index (χ1n) is 9.70. The Hall–Kier alpha value is -2.60. The second-order valence-electron chi connectivity index (χ2n) is 7.10. The van der Waals surface area contributed by atoms with Gasteiger partial charge in [-0.1, -0.05) is 23.7 Å². The van der Waals surface area contributed by atoms with E-state index >= 15 is 0 Å². The zero-order chi connectivity index (χ0) is 19.5. The van der Waals surface area contributed by atoms with Crippen LogP contribution in [0.5, 0.6) is 0 Å². The molecule has 1 fully saturated rings.